The predicted molar refractivity (Wildman–Crippen MR) is 92.0 cm³/mol. The third kappa shape index (κ3) is 16.2. The molecule has 0 heterocycles. The molecule has 0 radical (unpaired) electrons. The lowest BCUT2D eigenvalue weighted by Gasteiger charge is -2.15. The van der Waals surface area contributed by atoms with Crippen LogP contribution < -0.4 is 10.6 Å². The Morgan fingerprint density at radius 3 is 2.52 bits per heavy atom. The first kappa shape index (κ1) is 22.6. The van der Waals surface area contributed by atoms with Gasteiger partial charge in [0.1, 0.15) is 6.17 Å². The molecule has 0 aromatic heterocycles. The van der Waals surface area contributed by atoms with Crippen LogP contribution in [0.1, 0.15) is 20.8 Å². The highest BCUT2D eigenvalue weighted by molar-refractivity contribution is 8.12. The summed E-state index contributed by atoms with van der Waals surface area (Å²) in [5.74, 6) is 0. The molecular weight excluding hydrogens is 323 g/mol. The lowest BCUT2D eigenvalue weighted by molar-refractivity contribution is -0.0371. The van der Waals surface area contributed by atoms with E-state index in [9.17, 15) is 9.18 Å². The minimum atomic E-state index is -1.21. The Kier molecular flexibility index (Phi) is 14.9. The SMILES string of the molecule is CSC(=O)NCC(F)COCC(C)OCCOCCNC(C)C. The standard InChI is InChI=1S/C15H31FN2O4S/c1-12(2)17-5-6-20-7-8-22-13(3)10-21-11-14(16)9-18-15(19)23-4/h12-14,17H,5-11H2,1-4H3,(H,18,19). The monoisotopic (exact) mass is 354 g/mol. The fraction of sp³-hybridized carbons (Fsp3) is 0.933. The summed E-state index contributed by atoms with van der Waals surface area (Å²) in [6.45, 7) is 8.74. The number of nitrogens with one attached hydrogen (secondary N) is 2. The minimum Gasteiger partial charge on any atom is -0.378 e. The Hall–Kier alpha value is -0.410. The van der Waals surface area contributed by atoms with Crippen molar-refractivity contribution in [3.8, 4) is 0 Å². The second kappa shape index (κ2) is 15.1. The predicted octanol–water partition coefficient (Wildman–Crippen LogP) is 1.83. The maximum atomic E-state index is 13.4. The molecule has 6 nitrogen and oxygen atoms in total. The molecule has 0 aromatic rings. The van der Waals surface area contributed by atoms with E-state index >= 15 is 0 Å². The van der Waals surface area contributed by atoms with Gasteiger partial charge < -0.3 is 24.8 Å². The van der Waals surface area contributed by atoms with Crippen molar-refractivity contribution >= 4 is 17.0 Å². The number of thioether (sulfide) groups is 1. The van der Waals surface area contributed by atoms with Crippen LogP contribution in [0.25, 0.3) is 0 Å². The first-order valence-corrected chi connectivity index (χ1v) is 9.14. The van der Waals surface area contributed by atoms with Crippen molar-refractivity contribution in [2.45, 2.75) is 39.1 Å². The minimum absolute atomic E-state index is 0.0346. The summed E-state index contributed by atoms with van der Waals surface area (Å²) in [6, 6.07) is 0.459. The molecule has 0 aliphatic heterocycles. The number of carbonyl (C=O) groups excluding carboxylic acids is 1. The quantitative estimate of drug-likeness (QED) is 0.464. The van der Waals surface area contributed by atoms with E-state index in [4.69, 9.17) is 14.2 Å². The molecule has 1 amide bonds. The third-order valence-electron chi connectivity index (χ3n) is 2.73. The van der Waals surface area contributed by atoms with Gasteiger partial charge in [0, 0.05) is 12.6 Å². The van der Waals surface area contributed by atoms with Crippen molar-refractivity contribution < 1.29 is 23.4 Å². The van der Waals surface area contributed by atoms with Crippen LogP contribution >= 0.6 is 11.8 Å². The Morgan fingerprint density at radius 2 is 1.87 bits per heavy atom. The average molecular weight is 354 g/mol. The smallest absolute Gasteiger partial charge is 0.278 e. The number of rotatable bonds is 14. The fourth-order valence-corrected chi connectivity index (χ4v) is 1.79. The zero-order chi connectivity index (χ0) is 17.5. The zero-order valence-corrected chi connectivity index (χ0v) is 15.4. The molecule has 2 N–H and O–H groups in total. The second-order valence-corrected chi connectivity index (χ2v) is 6.19. The summed E-state index contributed by atoms with van der Waals surface area (Å²) in [4.78, 5) is 11.0. The number of carbonyl (C=O) groups is 1. The lowest BCUT2D eigenvalue weighted by Crippen LogP contribution is -2.31. The van der Waals surface area contributed by atoms with Crippen molar-refractivity contribution in [3.05, 3.63) is 0 Å². The van der Waals surface area contributed by atoms with Crippen LogP contribution in [0.4, 0.5) is 9.18 Å². The Bertz CT molecular complexity index is 299. The van der Waals surface area contributed by atoms with Gasteiger partial charge in [-0.2, -0.15) is 0 Å². The first-order valence-electron chi connectivity index (χ1n) is 7.92. The maximum Gasteiger partial charge on any atom is 0.278 e. The van der Waals surface area contributed by atoms with E-state index < -0.39 is 6.17 Å². The highest BCUT2D eigenvalue weighted by Gasteiger charge is 2.10. The van der Waals surface area contributed by atoms with Gasteiger partial charge in [0.05, 0.1) is 45.7 Å². The van der Waals surface area contributed by atoms with Crippen molar-refractivity contribution in [1.29, 1.82) is 0 Å². The molecule has 8 heteroatoms. The molecule has 0 saturated carbocycles. The molecule has 0 bridgehead atoms. The van der Waals surface area contributed by atoms with Crippen LogP contribution in [0.2, 0.25) is 0 Å². The highest BCUT2D eigenvalue weighted by Crippen LogP contribution is 1.98. The molecule has 0 aliphatic carbocycles. The summed E-state index contributed by atoms with van der Waals surface area (Å²) >= 11 is 1.02. The normalized spacial score (nSPS) is 14.0. The van der Waals surface area contributed by atoms with Crippen LogP contribution in [0.5, 0.6) is 0 Å². The number of hydrogen-bond acceptors (Lipinski definition) is 6. The zero-order valence-electron chi connectivity index (χ0n) is 14.6. The van der Waals surface area contributed by atoms with E-state index in [2.05, 4.69) is 24.5 Å². The molecule has 0 rings (SSSR count). The van der Waals surface area contributed by atoms with Crippen molar-refractivity contribution in [2.24, 2.45) is 0 Å². The van der Waals surface area contributed by atoms with Crippen LogP contribution in [0.3, 0.4) is 0 Å². The van der Waals surface area contributed by atoms with Gasteiger partial charge in [-0.25, -0.2) is 4.39 Å². The summed E-state index contributed by atoms with van der Waals surface area (Å²) in [7, 11) is 0. The van der Waals surface area contributed by atoms with E-state index in [0.717, 1.165) is 18.3 Å². The van der Waals surface area contributed by atoms with Gasteiger partial charge in [0.15, 0.2) is 0 Å². The van der Waals surface area contributed by atoms with Gasteiger partial charge in [-0.3, -0.25) is 4.79 Å². The summed E-state index contributed by atoms with van der Waals surface area (Å²) in [6.07, 6.45) is 0.304. The number of ether oxygens (including phenoxy) is 3. The van der Waals surface area contributed by atoms with E-state index in [0.29, 0.717) is 32.5 Å². The second-order valence-electron chi connectivity index (χ2n) is 5.41. The van der Waals surface area contributed by atoms with E-state index in [1.54, 1.807) is 6.26 Å². The number of alkyl halides is 1. The topological polar surface area (TPSA) is 68.8 Å². The van der Waals surface area contributed by atoms with Gasteiger partial charge >= 0.3 is 0 Å². The summed E-state index contributed by atoms with van der Waals surface area (Å²) < 4.78 is 29.6. The van der Waals surface area contributed by atoms with Crippen molar-refractivity contribution in [1.82, 2.24) is 10.6 Å². The largest absolute Gasteiger partial charge is 0.378 e. The van der Waals surface area contributed by atoms with Gasteiger partial charge in [-0.05, 0) is 13.2 Å². The molecule has 0 spiro atoms. The fourth-order valence-electron chi connectivity index (χ4n) is 1.57. The molecule has 0 saturated heterocycles. The Balaban J connectivity index is 3.39. The third-order valence-corrected chi connectivity index (χ3v) is 3.25. The highest BCUT2D eigenvalue weighted by atomic mass is 32.2. The average Bonchev–Trinajstić information content (AvgIpc) is 2.51. The van der Waals surface area contributed by atoms with Gasteiger partial charge in [-0.1, -0.05) is 25.6 Å². The molecule has 23 heavy (non-hydrogen) atoms. The molecular formula is C15H31FN2O4S. The van der Waals surface area contributed by atoms with E-state index in [1.807, 2.05) is 6.92 Å². The van der Waals surface area contributed by atoms with Crippen LogP contribution in [0, 0.1) is 0 Å². The van der Waals surface area contributed by atoms with Crippen LogP contribution in [0.15, 0.2) is 0 Å². The van der Waals surface area contributed by atoms with Gasteiger partial charge in [0.25, 0.3) is 5.24 Å². The molecule has 0 aromatic carbocycles. The van der Waals surface area contributed by atoms with E-state index in [-0.39, 0.29) is 24.5 Å². The molecule has 2 unspecified atom stereocenters. The van der Waals surface area contributed by atoms with Gasteiger partial charge in [0.2, 0.25) is 0 Å². The molecule has 0 aliphatic rings. The Morgan fingerprint density at radius 1 is 1.13 bits per heavy atom. The van der Waals surface area contributed by atoms with E-state index in [1.165, 1.54) is 0 Å². The molecule has 138 valence electrons. The number of hydrogen-bond donors (Lipinski definition) is 2. The summed E-state index contributed by atoms with van der Waals surface area (Å²) in [5, 5.41) is 5.46. The summed E-state index contributed by atoms with van der Waals surface area (Å²) in [5.41, 5.74) is 0. The van der Waals surface area contributed by atoms with Crippen LogP contribution in [-0.2, 0) is 14.2 Å². The molecule has 2 atom stereocenters. The van der Waals surface area contributed by atoms with Crippen molar-refractivity contribution in [3.63, 3.8) is 0 Å². The van der Waals surface area contributed by atoms with Gasteiger partial charge in [-0.15, -0.1) is 0 Å². The number of amides is 1. The maximum absolute atomic E-state index is 13.4. The van der Waals surface area contributed by atoms with Crippen LogP contribution in [-0.4, -0.2) is 75.9 Å². The first-order chi connectivity index (χ1) is 11.0. The van der Waals surface area contributed by atoms with Crippen molar-refractivity contribution in [2.75, 3.05) is 52.4 Å². The molecule has 0 fully saturated rings. The lowest BCUT2D eigenvalue weighted by atomic mass is 10.4. The number of halogens is 1. The Labute approximate surface area is 143 Å².